The second-order valence-corrected chi connectivity index (χ2v) is 23.1. The minimum atomic E-state index is -1.37. The van der Waals surface area contributed by atoms with Gasteiger partial charge in [0.15, 0.2) is 5.96 Å². The molecule has 0 spiro atoms. The van der Waals surface area contributed by atoms with Crippen LogP contribution in [0.3, 0.4) is 0 Å². The summed E-state index contributed by atoms with van der Waals surface area (Å²) in [6, 6.07) is 13.8. The molecule has 7 rings (SSSR count). The number of guanidine groups is 1. The van der Waals surface area contributed by atoms with E-state index in [-0.39, 0.29) is 67.1 Å². The normalized spacial score (nSPS) is 15.3. The van der Waals surface area contributed by atoms with Crippen molar-refractivity contribution in [3.05, 3.63) is 130 Å². The molecule has 0 saturated carbocycles. The van der Waals surface area contributed by atoms with Crippen molar-refractivity contribution in [3.63, 3.8) is 0 Å². The van der Waals surface area contributed by atoms with Crippen LogP contribution in [0.2, 0.25) is 0 Å². The topological polar surface area (TPSA) is 344 Å². The van der Waals surface area contributed by atoms with Gasteiger partial charge >= 0.3 is 0 Å². The molecular formula is C62H83N15O9. The van der Waals surface area contributed by atoms with Gasteiger partial charge in [-0.3, -0.25) is 48.3 Å². The highest BCUT2D eigenvalue weighted by Gasteiger charge is 2.45. The Morgan fingerprint density at radius 1 is 0.791 bits per heavy atom. The Labute approximate surface area is 500 Å². The third-order valence-electron chi connectivity index (χ3n) is 15.7. The lowest BCUT2D eigenvalue weighted by atomic mass is 9.78. The van der Waals surface area contributed by atoms with E-state index < -0.39 is 77.3 Å². The molecule has 1 saturated heterocycles. The van der Waals surface area contributed by atoms with Crippen LogP contribution >= 0.6 is 0 Å². The first-order valence-electron chi connectivity index (χ1n) is 29.5. The maximum Gasteiger partial charge on any atom is 0.261 e. The summed E-state index contributed by atoms with van der Waals surface area (Å²) in [7, 11) is 1.45. The fourth-order valence-electron chi connectivity index (χ4n) is 11.3. The number of carbonyl (C=O) groups excluding carboxylic acids is 7. The number of fused-ring (bicyclic) bond motifs is 2. The number of unbranched alkanes of at least 4 members (excludes halogenated alkanes) is 1. The van der Waals surface area contributed by atoms with Crippen LogP contribution in [-0.4, -0.2) is 147 Å². The molecule has 2 aliphatic rings. The van der Waals surface area contributed by atoms with Gasteiger partial charge in [0.1, 0.15) is 42.5 Å². The van der Waals surface area contributed by atoms with E-state index in [1.54, 1.807) is 29.2 Å². The van der Waals surface area contributed by atoms with E-state index in [2.05, 4.69) is 82.7 Å². The molecular weight excluding hydrogens is 1100 g/mol. The standard InChI is InChI=1S/C62H83N15O9/c1-7-8-14-49(74-60(86)62(31-39(4)5)32-41-12-9-10-13-42(41)33-62)59(85)76-25-23-75(24-26-76)44-18-21-47-46(30-44)58(84)77(37-69-47)35-53(79)70-48(15-11-22-67-61(63)64)55(81)73-52(29-43-34-66-36-68-43)57(83)72-51(28-40-16-19-45(78)20-17-40)56(82)71-50(27-38(2)3)54(80)65-6/h9-10,12-13,16-21,30,34,36-38,48-52,78H,4,7-8,11,14-15,22-29,31-33,35H2,1-3,5-6H3,(H,65,80)(H,66,68)(H,70,79)(H,71,82)(H,72,83)(H,73,81)(H,74,86)(H4,63,64,67)/t48-,49-,50-,51-,52-/m0/s1. The zero-order valence-electron chi connectivity index (χ0n) is 49.8. The summed E-state index contributed by atoms with van der Waals surface area (Å²) >= 11 is 0. The van der Waals surface area contributed by atoms with Gasteiger partial charge in [-0.15, -0.1) is 6.58 Å². The lowest BCUT2D eigenvalue weighted by molar-refractivity contribution is -0.140. The molecule has 460 valence electrons. The van der Waals surface area contributed by atoms with E-state index in [1.807, 2.05) is 39.0 Å². The quantitative estimate of drug-likeness (QED) is 0.0142. The number of nitrogens with two attached hydrogens (primary N) is 1. The highest BCUT2D eigenvalue weighted by Crippen LogP contribution is 2.42. The minimum Gasteiger partial charge on any atom is -0.508 e. The van der Waals surface area contributed by atoms with Gasteiger partial charge in [0.05, 0.1) is 34.7 Å². The lowest BCUT2D eigenvalue weighted by Crippen LogP contribution is -2.59. The maximum atomic E-state index is 14.5. The van der Waals surface area contributed by atoms with E-state index in [0.717, 1.165) is 34.1 Å². The number of aromatic amines is 1. The number of anilines is 1. The van der Waals surface area contributed by atoms with Gasteiger partial charge < -0.3 is 62.8 Å². The van der Waals surface area contributed by atoms with Crippen molar-refractivity contribution in [2.24, 2.45) is 17.1 Å². The van der Waals surface area contributed by atoms with Crippen molar-refractivity contribution in [1.82, 2.24) is 61.6 Å². The van der Waals surface area contributed by atoms with E-state index in [0.29, 0.717) is 80.7 Å². The molecule has 3 aromatic carbocycles. The molecule has 5 atom stereocenters. The van der Waals surface area contributed by atoms with Crippen LogP contribution in [0.5, 0.6) is 5.75 Å². The molecule has 7 amide bonds. The number of hydrogen-bond donors (Lipinski definition) is 11. The van der Waals surface area contributed by atoms with Crippen LogP contribution in [0, 0.1) is 16.7 Å². The number of benzene rings is 3. The van der Waals surface area contributed by atoms with Crippen molar-refractivity contribution in [1.29, 1.82) is 5.41 Å². The number of rotatable bonds is 29. The molecule has 1 aliphatic heterocycles. The zero-order valence-corrected chi connectivity index (χ0v) is 49.8. The Kier molecular flexibility index (Phi) is 22.6. The van der Waals surface area contributed by atoms with Crippen molar-refractivity contribution in [3.8, 4) is 5.75 Å². The number of aromatic hydroxyl groups is 1. The highest BCUT2D eigenvalue weighted by molar-refractivity contribution is 5.96. The Morgan fingerprint density at radius 2 is 1.43 bits per heavy atom. The number of likely N-dealkylation sites (N-methyl/N-ethyl adjacent to an activating group) is 1. The Morgan fingerprint density at radius 3 is 2.03 bits per heavy atom. The first kappa shape index (κ1) is 64.5. The van der Waals surface area contributed by atoms with E-state index in [4.69, 9.17) is 11.1 Å². The number of nitrogens with one attached hydrogen (secondary N) is 9. The predicted octanol–water partition coefficient (Wildman–Crippen LogP) is 2.38. The van der Waals surface area contributed by atoms with Crippen LogP contribution in [0.25, 0.3) is 10.9 Å². The van der Waals surface area contributed by atoms with Crippen LogP contribution in [0.4, 0.5) is 5.69 Å². The summed E-state index contributed by atoms with van der Waals surface area (Å²) in [6.45, 7) is 13.2. The molecule has 24 nitrogen and oxygen atoms in total. The Balaban J connectivity index is 1.04. The second-order valence-electron chi connectivity index (χ2n) is 23.1. The van der Waals surface area contributed by atoms with Crippen LogP contribution in [0.1, 0.15) is 95.0 Å². The summed E-state index contributed by atoms with van der Waals surface area (Å²) in [4.78, 5) is 128. The molecule has 1 aliphatic carbocycles. The van der Waals surface area contributed by atoms with Crippen LogP contribution < -0.4 is 53.4 Å². The monoisotopic (exact) mass is 1180 g/mol. The lowest BCUT2D eigenvalue weighted by Gasteiger charge is -2.38. The number of carbonyl (C=O) groups is 7. The summed E-state index contributed by atoms with van der Waals surface area (Å²) in [5, 5.41) is 37.3. The summed E-state index contributed by atoms with van der Waals surface area (Å²) < 4.78 is 1.13. The summed E-state index contributed by atoms with van der Waals surface area (Å²) in [5.74, 6) is -3.98. The second kappa shape index (κ2) is 30.1. The third-order valence-corrected chi connectivity index (χ3v) is 15.7. The number of amides is 7. The molecule has 86 heavy (non-hydrogen) atoms. The van der Waals surface area contributed by atoms with Crippen LogP contribution in [0.15, 0.2) is 103 Å². The number of phenols is 1. The van der Waals surface area contributed by atoms with Crippen molar-refractivity contribution in [2.75, 3.05) is 44.7 Å². The van der Waals surface area contributed by atoms with Crippen molar-refractivity contribution >= 4 is 63.9 Å². The molecule has 12 N–H and O–H groups in total. The minimum absolute atomic E-state index is 0.0102. The van der Waals surface area contributed by atoms with Gasteiger partial charge in [-0.05, 0) is 105 Å². The van der Waals surface area contributed by atoms with Gasteiger partial charge in [0.2, 0.25) is 41.4 Å². The Hall–Kier alpha value is -9.09. The zero-order chi connectivity index (χ0) is 62.1. The fourth-order valence-corrected chi connectivity index (χ4v) is 11.3. The molecule has 3 heterocycles. The van der Waals surface area contributed by atoms with Crippen molar-refractivity contribution in [2.45, 2.75) is 135 Å². The maximum absolute atomic E-state index is 14.5. The van der Waals surface area contributed by atoms with Crippen LogP contribution in [-0.2, 0) is 65.8 Å². The van der Waals surface area contributed by atoms with Gasteiger partial charge in [0.25, 0.3) is 5.56 Å². The van der Waals surface area contributed by atoms with E-state index in [1.165, 1.54) is 38.0 Å². The van der Waals surface area contributed by atoms with Gasteiger partial charge in [-0.1, -0.05) is 75.6 Å². The summed E-state index contributed by atoms with van der Waals surface area (Å²) in [5.41, 5.74) is 9.50. The highest BCUT2D eigenvalue weighted by atomic mass is 16.3. The number of nitrogens with zero attached hydrogens (tertiary/aromatic N) is 5. The van der Waals surface area contributed by atoms with Gasteiger partial charge in [0, 0.05) is 64.5 Å². The predicted molar refractivity (Wildman–Crippen MR) is 326 cm³/mol. The largest absolute Gasteiger partial charge is 0.508 e. The number of aromatic nitrogens is 4. The molecule has 0 bridgehead atoms. The molecule has 1 fully saturated rings. The first-order valence-corrected chi connectivity index (χ1v) is 29.5. The number of imidazole rings is 1. The third kappa shape index (κ3) is 17.5. The fraction of sp³-hybridized carbons (Fsp3) is 0.468. The molecule has 24 heteroatoms. The van der Waals surface area contributed by atoms with Gasteiger partial charge in [-0.25, -0.2) is 9.97 Å². The van der Waals surface area contributed by atoms with Gasteiger partial charge in [-0.2, -0.15) is 0 Å². The SMILES string of the molecule is C=C(C)CC1(C(=O)N[C@@H](CCCC)C(=O)N2CCN(c3ccc4ncn(CC(=O)N[C@@H](CCCNC(=N)N)C(=O)N[C@@H](Cc5c[nH]cn5)C(=O)N[C@@H](Cc5ccc(O)cc5)C(=O)N[C@@H](CC(C)C)C(=O)NC)c(=O)c4c3)CC2)Cc2ccccc2C1. The number of H-pyrrole nitrogens is 1. The average molecular weight is 1180 g/mol. The first-order chi connectivity index (χ1) is 41.1. The number of phenolic OH excluding ortho intramolecular Hbond substituents is 1. The molecule has 2 aromatic heterocycles. The number of allylic oxidation sites excluding steroid dienone is 1. The molecule has 0 radical (unpaired) electrons. The smallest absolute Gasteiger partial charge is 0.261 e. The Bertz CT molecular complexity index is 3260. The van der Waals surface area contributed by atoms with E-state index in [9.17, 15) is 43.5 Å². The van der Waals surface area contributed by atoms with E-state index >= 15 is 0 Å². The van der Waals surface area contributed by atoms with Crippen molar-refractivity contribution < 1.29 is 38.7 Å². The number of piperazine rings is 1. The number of hydrogen-bond acceptors (Lipinski definition) is 13. The summed E-state index contributed by atoms with van der Waals surface area (Å²) in [6.07, 6.45) is 8.26. The molecule has 5 aromatic rings. The average Bonchev–Trinajstić information content (AvgIpc) is 1.67. The molecule has 0 unspecified atom stereocenters.